The fourth-order valence-electron chi connectivity index (χ4n) is 3.49. The molecule has 0 aliphatic heterocycles. The summed E-state index contributed by atoms with van der Waals surface area (Å²) in [5.41, 5.74) is 6.23. The number of nitrogens with zero attached hydrogens (tertiary/aromatic N) is 4. The number of fused-ring (bicyclic) bond motifs is 1. The zero-order valence-electron chi connectivity index (χ0n) is 17.4. The summed E-state index contributed by atoms with van der Waals surface area (Å²) in [5, 5.41) is 6.67. The number of aromatic nitrogens is 4. The van der Waals surface area contributed by atoms with E-state index in [1.54, 1.807) is 6.33 Å². The monoisotopic (exact) mass is 428 g/mol. The van der Waals surface area contributed by atoms with Crippen molar-refractivity contribution >= 4 is 21.6 Å². The average Bonchev–Trinajstić information content (AvgIpc) is 3.40. The Hall–Kier alpha value is -3.58. The Morgan fingerprint density at radius 2 is 1.77 bits per heavy atom. The lowest BCUT2D eigenvalue weighted by molar-refractivity contribution is 0.420. The highest BCUT2D eigenvalue weighted by molar-refractivity contribution is 7.17. The lowest BCUT2D eigenvalue weighted by Gasteiger charge is -2.06. The van der Waals surface area contributed by atoms with E-state index >= 15 is 0 Å². The summed E-state index contributed by atoms with van der Waals surface area (Å²) in [6, 6.07) is 14.1. The molecule has 0 radical (unpaired) electrons. The van der Waals surface area contributed by atoms with E-state index in [4.69, 9.17) is 4.52 Å². The molecule has 0 N–H and O–H groups in total. The van der Waals surface area contributed by atoms with E-state index in [0.717, 1.165) is 27.1 Å². The molecule has 0 aliphatic carbocycles. The largest absolute Gasteiger partial charge is 0.334 e. The lowest BCUT2D eigenvalue weighted by atomic mass is 10.0. The molecular weight excluding hydrogens is 408 g/mol. The normalized spacial score (nSPS) is 11.3. The van der Waals surface area contributed by atoms with E-state index in [1.807, 2.05) is 42.6 Å². The fourth-order valence-corrected chi connectivity index (χ4v) is 4.39. The van der Waals surface area contributed by atoms with Crippen LogP contribution in [0.1, 0.15) is 22.5 Å². The van der Waals surface area contributed by atoms with E-state index in [1.165, 1.54) is 27.0 Å². The molecule has 0 atom stereocenters. The van der Waals surface area contributed by atoms with Crippen molar-refractivity contribution < 1.29 is 4.52 Å². The summed E-state index contributed by atoms with van der Waals surface area (Å²) < 4.78 is 6.93. The van der Waals surface area contributed by atoms with E-state index < -0.39 is 0 Å². The Bertz CT molecular complexity index is 1460. The maximum Gasteiger partial charge on any atom is 0.263 e. The predicted molar refractivity (Wildman–Crippen MR) is 122 cm³/mol. The molecule has 0 aliphatic rings. The van der Waals surface area contributed by atoms with Crippen LogP contribution in [0.25, 0.3) is 32.8 Å². The Balaban J connectivity index is 1.51. The molecule has 3 aromatic heterocycles. The second-order valence-corrected chi connectivity index (χ2v) is 8.55. The third kappa shape index (κ3) is 3.57. The van der Waals surface area contributed by atoms with E-state index in [9.17, 15) is 4.79 Å². The van der Waals surface area contributed by atoms with Crippen molar-refractivity contribution in [1.82, 2.24) is 19.7 Å². The van der Waals surface area contributed by atoms with Gasteiger partial charge in [0.1, 0.15) is 4.83 Å². The molecule has 154 valence electrons. The van der Waals surface area contributed by atoms with Gasteiger partial charge in [-0.15, -0.1) is 11.3 Å². The summed E-state index contributed by atoms with van der Waals surface area (Å²) in [6.07, 6.45) is 1.55. The maximum absolute atomic E-state index is 13.3. The number of aryl methyl sites for hydroxylation is 3. The van der Waals surface area contributed by atoms with Gasteiger partial charge in [0.25, 0.3) is 11.4 Å². The number of hydrogen-bond donors (Lipinski definition) is 0. The highest BCUT2D eigenvalue weighted by atomic mass is 32.1. The lowest BCUT2D eigenvalue weighted by Crippen LogP contribution is -2.21. The van der Waals surface area contributed by atoms with Gasteiger partial charge in [-0.3, -0.25) is 9.36 Å². The van der Waals surface area contributed by atoms with Crippen molar-refractivity contribution in [2.24, 2.45) is 0 Å². The van der Waals surface area contributed by atoms with Gasteiger partial charge in [-0.2, -0.15) is 4.98 Å². The molecule has 0 spiro atoms. The quantitative estimate of drug-likeness (QED) is 0.396. The SMILES string of the molecule is Cc1ccc(-c2nc(Cn3cnc4scc(-c5ccc(C)c(C)c5)c4c3=O)no2)cc1. The van der Waals surface area contributed by atoms with E-state index in [-0.39, 0.29) is 12.1 Å². The molecule has 5 aromatic rings. The molecule has 0 bridgehead atoms. The van der Waals surface area contributed by atoms with Crippen molar-refractivity contribution in [2.45, 2.75) is 27.3 Å². The molecule has 6 nitrogen and oxygen atoms in total. The minimum atomic E-state index is -0.110. The Morgan fingerprint density at radius 3 is 2.55 bits per heavy atom. The minimum Gasteiger partial charge on any atom is -0.334 e. The molecule has 0 unspecified atom stereocenters. The molecular formula is C24H20N4O2S. The summed E-state index contributed by atoms with van der Waals surface area (Å²) in [6.45, 7) is 6.37. The standard InChI is InChI=1S/C24H20N4O2S/c1-14-4-7-17(8-5-14)22-26-20(27-30-22)11-28-13-25-23-21(24(28)29)19(12-31-23)18-9-6-15(2)16(3)10-18/h4-10,12-13H,11H2,1-3H3. The smallest absolute Gasteiger partial charge is 0.263 e. The van der Waals surface area contributed by atoms with E-state index in [0.29, 0.717) is 17.1 Å². The van der Waals surface area contributed by atoms with Crippen LogP contribution in [0.4, 0.5) is 0 Å². The van der Waals surface area contributed by atoms with Gasteiger partial charge in [0, 0.05) is 16.5 Å². The van der Waals surface area contributed by atoms with Crippen LogP contribution in [0, 0.1) is 20.8 Å². The predicted octanol–water partition coefficient (Wildman–Crippen LogP) is 5.15. The molecule has 0 saturated carbocycles. The summed E-state index contributed by atoms with van der Waals surface area (Å²) in [4.78, 5) is 23.0. The van der Waals surface area contributed by atoms with Crippen LogP contribution in [0.3, 0.4) is 0 Å². The molecule has 0 saturated heterocycles. The maximum atomic E-state index is 13.3. The van der Waals surface area contributed by atoms with Crippen molar-refractivity contribution in [3.63, 3.8) is 0 Å². The highest BCUT2D eigenvalue weighted by Gasteiger charge is 2.16. The molecule has 3 heterocycles. The number of thiophene rings is 1. The summed E-state index contributed by atoms with van der Waals surface area (Å²) in [5.74, 6) is 0.866. The van der Waals surface area contributed by atoms with Crippen molar-refractivity contribution in [1.29, 1.82) is 0 Å². The average molecular weight is 429 g/mol. The van der Waals surface area contributed by atoms with Crippen molar-refractivity contribution in [3.8, 4) is 22.6 Å². The fraction of sp³-hybridized carbons (Fsp3) is 0.167. The van der Waals surface area contributed by atoms with Crippen molar-refractivity contribution in [2.75, 3.05) is 0 Å². The second kappa shape index (κ2) is 7.59. The van der Waals surface area contributed by atoms with Crippen LogP contribution in [-0.2, 0) is 6.54 Å². The van der Waals surface area contributed by atoms with Gasteiger partial charge in [-0.05, 0) is 49.6 Å². The van der Waals surface area contributed by atoms with Gasteiger partial charge in [0.15, 0.2) is 5.82 Å². The third-order valence-corrected chi connectivity index (χ3v) is 6.34. The minimum absolute atomic E-state index is 0.110. The summed E-state index contributed by atoms with van der Waals surface area (Å²) in [7, 11) is 0. The topological polar surface area (TPSA) is 73.8 Å². The van der Waals surface area contributed by atoms with Crippen LogP contribution >= 0.6 is 11.3 Å². The molecule has 31 heavy (non-hydrogen) atoms. The van der Waals surface area contributed by atoms with Gasteiger partial charge in [-0.25, -0.2) is 4.98 Å². The number of hydrogen-bond acceptors (Lipinski definition) is 6. The van der Waals surface area contributed by atoms with Crippen LogP contribution in [-0.4, -0.2) is 19.7 Å². The number of rotatable bonds is 4. The first-order valence-corrected chi connectivity index (χ1v) is 10.8. The zero-order chi connectivity index (χ0) is 21.5. The first kappa shape index (κ1) is 19.4. The Labute approximate surface area is 182 Å². The van der Waals surface area contributed by atoms with Crippen LogP contribution in [0.5, 0.6) is 0 Å². The van der Waals surface area contributed by atoms with Gasteiger partial charge >= 0.3 is 0 Å². The number of benzene rings is 2. The van der Waals surface area contributed by atoms with Gasteiger partial charge < -0.3 is 4.52 Å². The Morgan fingerprint density at radius 1 is 1.00 bits per heavy atom. The second-order valence-electron chi connectivity index (χ2n) is 7.69. The highest BCUT2D eigenvalue weighted by Crippen LogP contribution is 2.31. The van der Waals surface area contributed by atoms with Crippen molar-refractivity contribution in [3.05, 3.63) is 87.0 Å². The Kier molecular flexibility index (Phi) is 4.75. The molecule has 0 fully saturated rings. The first-order valence-electron chi connectivity index (χ1n) is 9.93. The van der Waals surface area contributed by atoms with Crippen LogP contribution in [0.15, 0.2) is 63.5 Å². The van der Waals surface area contributed by atoms with Gasteiger partial charge in [0.2, 0.25) is 0 Å². The third-order valence-electron chi connectivity index (χ3n) is 5.46. The molecule has 2 aromatic carbocycles. The van der Waals surface area contributed by atoms with Gasteiger partial charge in [-0.1, -0.05) is 41.1 Å². The molecule has 7 heteroatoms. The van der Waals surface area contributed by atoms with Crippen LogP contribution < -0.4 is 5.56 Å². The van der Waals surface area contributed by atoms with Gasteiger partial charge in [0.05, 0.1) is 18.3 Å². The van der Waals surface area contributed by atoms with Crippen LogP contribution in [0.2, 0.25) is 0 Å². The molecule has 5 rings (SSSR count). The molecule has 0 amide bonds. The zero-order valence-corrected chi connectivity index (χ0v) is 18.2. The summed E-state index contributed by atoms with van der Waals surface area (Å²) >= 11 is 1.48. The van der Waals surface area contributed by atoms with E-state index in [2.05, 4.69) is 41.1 Å². The first-order chi connectivity index (χ1) is 15.0.